The van der Waals surface area contributed by atoms with Crippen LogP contribution in [0.2, 0.25) is 0 Å². The highest BCUT2D eigenvalue weighted by Crippen LogP contribution is 2.31. The maximum absolute atomic E-state index is 13.9. The second kappa shape index (κ2) is 9.70. The SMILES string of the molecule is COc1ccc(-c2nc(NC(=O)[C@H](NC(=O)c3ccccc3F)C(C)C)sc2C)cc1. The minimum absolute atomic E-state index is 0.104. The van der Waals surface area contributed by atoms with Crippen LogP contribution < -0.4 is 15.4 Å². The number of hydrogen-bond donors (Lipinski definition) is 2. The van der Waals surface area contributed by atoms with Gasteiger partial charge in [0.15, 0.2) is 5.13 Å². The third-order valence-corrected chi connectivity index (χ3v) is 5.63. The van der Waals surface area contributed by atoms with Gasteiger partial charge in [0.25, 0.3) is 5.91 Å². The van der Waals surface area contributed by atoms with Crippen LogP contribution in [0, 0.1) is 18.7 Å². The van der Waals surface area contributed by atoms with E-state index >= 15 is 0 Å². The summed E-state index contributed by atoms with van der Waals surface area (Å²) < 4.78 is 19.1. The molecule has 1 heterocycles. The van der Waals surface area contributed by atoms with Crippen molar-refractivity contribution in [1.82, 2.24) is 10.3 Å². The second-order valence-electron chi connectivity index (χ2n) is 7.32. The Hall–Kier alpha value is -3.26. The molecule has 1 aromatic heterocycles. The summed E-state index contributed by atoms with van der Waals surface area (Å²) in [4.78, 5) is 30.8. The molecule has 2 aromatic carbocycles. The fraction of sp³-hybridized carbons (Fsp3) is 0.261. The van der Waals surface area contributed by atoms with Gasteiger partial charge >= 0.3 is 0 Å². The van der Waals surface area contributed by atoms with Gasteiger partial charge in [0.05, 0.1) is 18.4 Å². The van der Waals surface area contributed by atoms with E-state index in [1.807, 2.05) is 45.0 Å². The molecule has 0 bridgehead atoms. The van der Waals surface area contributed by atoms with Crippen LogP contribution >= 0.6 is 11.3 Å². The van der Waals surface area contributed by atoms with Crippen molar-refractivity contribution in [2.45, 2.75) is 26.8 Å². The van der Waals surface area contributed by atoms with E-state index in [9.17, 15) is 14.0 Å². The number of nitrogens with zero attached hydrogens (tertiary/aromatic N) is 1. The lowest BCUT2D eigenvalue weighted by Crippen LogP contribution is -2.47. The molecule has 3 aromatic rings. The molecule has 31 heavy (non-hydrogen) atoms. The number of rotatable bonds is 7. The summed E-state index contributed by atoms with van der Waals surface area (Å²) >= 11 is 1.35. The molecule has 0 fully saturated rings. The highest BCUT2D eigenvalue weighted by atomic mass is 32.1. The van der Waals surface area contributed by atoms with Crippen molar-refractivity contribution in [2.75, 3.05) is 12.4 Å². The Balaban J connectivity index is 1.75. The van der Waals surface area contributed by atoms with E-state index in [4.69, 9.17) is 4.74 Å². The Bertz CT molecular complexity index is 1080. The minimum Gasteiger partial charge on any atom is -0.497 e. The van der Waals surface area contributed by atoms with Crippen molar-refractivity contribution >= 4 is 28.3 Å². The summed E-state index contributed by atoms with van der Waals surface area (Å²) in [7, 11) is 1.60. The van der Waals surface area contributed by atoms with Crippen LogP contribution in [0.25, 0.3) is 11.3 Å². The van der Waals surface area contributed by atoms with Gasteiger partial charge < -0.3 is 15.4 Å². The molecule has 0 radical (unpaired) electrons. The van der Waals surface area contributed by atoms with Gasteiger partial charge in [-0.3, -0.25) is 9.59 Å². The fourth-order valence-electron chi connectivity index (χ4n) is 3.05. The first-order valence-electron chi connectivity index (χ1n) is 9.78. The van der Waals surface area contributed by atoms with Gasteiger partial charge in [-0.1, -0.05) is 26.0 Å². The third-order valence-electron chi connectivity index (χ3n) is 4.74. The molecule has 0 saturated heterocycles. The van der Waals surface area contributed by atoms with Crippen molar-refractivity contribution in [1.29, 1.82) is 0 Å². The van der Waals surface area contributed by atoms with Crippen LogP contribution in [0.4, 0.5) is 9.52 Å². The van der Waals surface area contributed by atoms with Crippen LogP contribution in [-0.2, 0) is 4.79 Å². The van der Waals surface area contributed by atoms with Crippen molar-refractivity contribution in [2.24, 2.45) is 5.92 Å². The van der Waals surface area contributed by atoms with E-state index < -0.39 is 23.7 Å². The number of carbonyl (C=O) groups excluding carboxylic acids is 2. The molecule has 0 aliphatic rings. The Morgan fingerprint density at radius 3 is 2.39 bits per heavy atom. The van der Waals surface area contributed by atoms with Gasteiger partial charge in [-0.25, -0.2) is 9.37 Å². The zero-order valence-electron chi connectivity index (χ0n) is 17.7. The molecule has 0 aliphatic carbocycles. The zero-order chi connectivity index (χ0) is 22.5. The van der Waals surface area contributed by atoms with E-state index in [0.29, 0.717) is 5.13 Å². The lowest BCUT2D eigenvalue weighted by Gasteiger charge is -2.21. The number of anilines is 1. The van der Waals surface area contributed by atoms with E-state index in [-0.39, 0.29) is 11.5 Å². The lowest BCUT2D eigenvalue weighted by atomic mass is 10.0. The summed E-state index contributed by atoms with van der Waals surface area (Å²) in [6.07, 6.45) is 0. The normalized spacial score (nSPS) is 11.8. The standard InChI is InChI=1S/C23H24FN3O3S/c1-13(2)19(25-21(28)17-7-5-6-8-18(17)24)22(29)27-23-26-20(14(3)31-23)15-9-11-16(30-4)12-10-15/h5-13,19H,1-4H3,(H,25,28)(H,26,27,29)/t19-/m1/s1. The Morgan fingerprint density at radius 2 is 1.77 bits per heavy atom. The first kappa shape index (κ1) is 22.4. The molecule has 1 atom stereocenters. The average molecular weight is 442 g/mol. The van der Waals surface area contributed by atoms with Crippen LogP contribution in [-0.4, -0.2) is 29.9 Å². The number of amides is 2. The first-order chi connectivity index (χ1) is 14.8. The van der Waals surface area contributed by atoms with Gasteiger partial charge in [-0.15, -0.1) is 11.3 Å². The number of benzene rings is 2. The van der Waals surface area contributed by atoms with Crippen LogP contribution in [0.5, 0.6) is 5.75 Å². The summed E-state index contributed by atoms with van der Waals surface area (Å²) in [6.45, 7) is 5.54. The molecule has 0 saturated carbocycles. The van der Waals surface area contributed by atoms with Crippen LogP contribution in [0.3, 0.4) is 0 Å². The Kier molecular flexibility index (Phi) is 7.02. The summed E-state index contributed by atoms with van der Waals surface area (Å²) in [5, 5.41) is 5.84. The number of carbonyl (C=O) groups is 2. The molecule has 0 aliphatic heterocycles. The quantitative estimate of drug-likeness (QED) is 0.559. The maximum Gasteiger partial charge on any atom is 0.254 e. The molecule has 6 nitrogen and oxygen atoms in total. The summed E-state index contributed by atoms with van der Waals surface area (Å²) in [5.41, 5.74) is 1.57. The number of thiazole rings is 1. The third kappa shape index (κ3) is 5.27. The fourth-order valence-corrected chi connectivity index (χ4v) is 3.89. The number of halogens is 1. The number of methoxy groups -OCH3 is 1. The number of ether oxygens (including phenoxy) is 1. The number of nitrogens with one attached hydrogen (secondary N) is 2. The van der Waals surface area contributed by atoms with Crippen molar-refractivity contribution < 1.29 is 18.7 Å². The maximum atomic E-state index is 13.9. The molecule has 0 unspecified atom stereocenters. The van der Waals surface area contributed by atoms with Gasteiger partial charge in [0.1, 0.15) is 17.6 Å². The lowest BCUT2D eigenvalue weighted by molar-refractivity contribution is -0.118. The number of aryl methyl sites for hydroxylation is 1. The predicted molar refractivity (Wildman–Crippen MR) is 120 cm³/mol. The van der Waals surface area contributed by atoms with Crippen molar-refractivity contribution in [3.8, 4) is 17.0 Å². The van der Waals surface area contributed by atoms with Crippen LogP contribution in [0.1, 0.15) is 29.1 Å². The summed E-state index contributed by atoms with van der Waals surface area (Å²) in [6, 6.07) is 12.3. The number of aromatic nitrogens is 1. The van der Waals surface area contributed by atoms with Crippen molar-refractivity contribution in [3.05, 3.63) is 64.8 Å². The van der Waals surface area contributed by atoms with Gasteiger partial charge in [0.2, 0.25) is 5.91 Å². The highest BCUT2D eigenvalue weighted by Gasteiger charge is 2.26. The predicted octanol–water partition coefficient (Wildman–Crippen LogP) is 4.66. The zero-order valence-corrected chi connectivity index (χ0v) is 18.5. The monoisotopic (exact) mass is 441 g/mol. The first-order valence-corrected chi connectivity index (χ1v) is 10.6. The molecular weight excluding hydrogens is 417 g/mol. The molecule has 0 spiro atoms. The van der Waals surface area contributed by atoms with E-state index in [1.165, 1.54) is 29.5 Å². The molecular formula is C23H24FN3O3S. The molecule has 3 rings (SSSR count). The largest absolute Gasteiger partial charge is 0.497 e. The van der Waals surface area contributed by atoms with Gasteiger partial charge in [-0.2, -0.15) is 0 Å². The van der Waals surface area contributed by atoms with E-state index in [0.717, 1.165) is 21.9 Å². The Morgan fingerprint density at radius 1 is 1.10 bits per heavy atom. The highest BCUT2D eigenvalue weighted by molar-refractivity contribution is 7.16. The van der Waals surface area contributed by atoms with E-state index in [1.54, 1.807) is 13.2 Å². The topological polar surface area (TPSA) is 80.3 Å². The molecule has 2 amide bonds. The van der Waals surface area contributed by atoms with Crippen LogP contribution in [0.15, 0.2) is 48.5 Å². The minimum atomic E-state index is -0.847. The van der Waals surface area contributed by atoms with E-state index in [2.05, 4.69) is 15.6 Å². The van der Waals surface area contributed by atoms with Gasteiger partial charge in [-0.05, 0) is 49.2 Å². The second-order valence-corrected chi connectivity index (χ2v) is 8.52. The Labute approximate surface area is 184 Å². The summed E-state index contributed by atoms with van der Waals surface area (Å²) in [5.74, 6) is -1.15. The number of hydrogen-bond acceptors (Lipinski definition) is 5. The molecule has 8 heteroatoms. The van der Waals surface area contributed by atoms with Gasteiger partial charge in [0, 0.05) is 10.4 Å². The van der Waals surface area contributed by atoms with Crippen molar-refractivity contribution in [3.63, 3.8) is 0 Å². The smallest absolute Gasteiger partial charge is 0.254 e. The molecule has 2 N–H and O–H groups in total. The molecule has 162 valence electrons. The average Bonchev–Trinajstić information content (AvgIpc) is 3.11.